The van der Waals surface area contributed by atoms with E-state index in [0.29, 0.717) is 25.5 Å². The van der Waals surface area contributed by atoms with Crippen LogP contribution < -0.4 is 10.5 Å². The smallest absolute Gasteiger partial charge is 0.343 e. The topological polar surface area (TPSA) is 92.9 Å². The average molecular weight is 284 g/mol. The second kappa shape index (κ2) is 9.11. The number of hydrogen-bond acceptors (Lipinski definition) is 7. The molecule has 0 atom stereocenters. The Hall–Kier alpha value is -1.86. The molecule has 7 nitrogen and oxygen atoms in total. The van der Waals surface area contributed by atoms with Gasteiger partial charge in [0.25, 0.3) is 0 Å². The minimum absolute atomic E-state index is 0.188. The Labute approximate surface area is 118 Å². The number of methoxy groups -OCH3 is 1. The van der Waals surface area contributed by atoms with Crippen LogP contribution in [0.5, 0.6) is 5.88 Å². The molecule has 1 heterocycles. The Kier molecular flexibility index (Phi) is 7.38. The summed E-state index contributed by atoms with van der Waals surface area (Å²) < 4.78 is 20.4. The molecule has 0 saturated carbocycles. The van der Waals surface area contributed by atoms with Gasteiger partial charge in [0.1, 0.15) is 12.2 Å². The number of nitrogens with zero attached hydrogens (tertiary/aromatic N) is 1. The molecule has 20 heavy (non-hydrogen) atoms. The van der Waals surface area contributed by atoms with E-state index in [1.165, 1.54) is 12.3 Å². The highest BCUT2D eigenvalue weighted by Crippen LogP contribution is 2.19. The molecule has 0 unspecified atom stereocenters. The molecule has 0 radical (unpaired) electrons. The number of aromatic nitrogens is 1. The van der Waals surface area contributed by atoms with E-state index >= 15 is 0 Å². The third-order valence-electron chi connectivity index (χ3n) is 2.27. The van der Waals surface area contributed by atoms with Gasteiger partial charge in [-0.2, -0.15) is 0 Å². The van der Waals surface area contributed by atoms with Gasteiger partial charge < -0.3 is 24.7 Å². The van der Waals surface area contributed by atoms with Crippen molar-refractivity contribution < 1.29 is 23.7 Å². The Morgan fingerprint density at radius 3 is 2.75 bits per heavy atom. The number of hydrogen-bond donors (Lipinski definition) is 1. The van der Waals surface area contributed by atoms with E-state index in [0.717, 1.165) is 0 Å². The van der Waals surface area contributed by atoms with Gasteiger partial charge in [0.15, 0.2) is 0 Å². The second-order valence-electron chi connectivity index (χ2n) is 3.80. The molecule has 0 aromatic carbocycles. The molecular weight excluding hydrogens is 264 g/mol. The Morgan fingerprint density at radius 1 is 1.30 bits per heavy atom. The van der Waals surface area contributed by atoms with Gasteiger partial charge in [0.2, 0.25) is 5.88 Å². The molecule has 0 saturated heterocycles. The summed E-state index contributed by atoms with van der Waals surface area (Å²) in [5.41, 5.74) is 6.19. The number of nitrogen functional groups attached to an aromatic ring is 1. The predicted molar refractivity (Wildman–Crippen MR) is 72.8 cm³/mol. The van der Waals surface area contributed by atoms with Crippen molar-refractivity contribution in [1.29, 1.82) is 0 Å². The average Bonchev–Trinajstić information content (AvgIpc) is 2.44. The lowest BCUT2D eigenvalue weighted by atomic mass is 10.2. The summed E-state index contributed by atoms with van der Waals surface area (Å²) in [6.45, 7) is 3.65. The molecule has 0 bridgehead atoms. The first kappa shape index (κ1) is 16.2. The van der Waals surface area contributed by atoms with Crippen LogP contribution in [0.3, 0.4) is 0 Å². The fourth-order valence-electron chi connectivity index (χ4n) is 1.38. The van der Waals surface area contributed by atoms with Gasteiger partial charge >= 0.3 is 5.97 Å². The molecular formula is C13H20N2O5. The van der Waals surface area contributed by atoms with Gasteiger partial charge in [0, 0.05) is 7.11 Å². The monoisotopic (exact) mass is 284 g/mol. The van der Waals surface area contributed by atoms with Crippen molar-refractivity contribution in [2.75, 3.05) is 45.9 Å². The minimum Gasteiger partial charge on any atom is -0.475 e. The van der Waals surface area contributed by atoms with E-state index in [-0.39, 0.29) is 24.7 Å². The molecule has 0 aliphatic rings. The highest BCUT2D eigenvalue weighted by atomic mass is 16.5. The largest absolute Gasteiger partial charge is 0.475 e. The summed E-state index contributed by atoms with van der Waals surface area (Å²) in [6, 6.07) is 1.48. The first-order chi connectivity index (χ1) is 9.69. The van der Waals surface area contributed by atoms with Crippen LogP contribution in [0, 0.1) is 0 Å². The lowest BCUT2D eigenvalue weighted by Crippen LogP contribution is -2.14. The Balaban J connectivity index is 2.53. The van der Waals surface area contributed by atoms with Crippen molar-refractivity contribution >= 4 is 11.7 Å². The Morgan fingerprint density at radius 2 is 2.05 bits per heavy atom. The van der Waals surface area contributed by atoms with E-state index < -0.39 is 5.97 Å². The van der Waals surface area contributed by atoms with Gasteiger partial charge in [-0.15, -0.1) is 0 Å². The number of esters is 1. The Bertz CT molecular complexity index is 425. The minimum atomic E-state index is -0.511. The number of carbonyl (C=O) groups is 1. The van der Waals surface area contributed by atoms with Gasteiger partial charge in [-0.1, -0.05) is 0 Å². The van der Waals surface area contributed by atoms with Crippen LogP contribution in [-0.2, 0) is 14.2 Å². The maximum Gasteiger partial charge on any atom is 0.343 e. The molecule has 0 spiro atoms. The number of ether oxygens (including phenoxy) is 4. The molecule has 0 aliphatic carbocycles. The third kappa shape index (κ3) is 5.41. The summed E-state index contributed by atoms with van der Waals surface area (Å²) >= 11 is 0. The highest BCUT2D eigenvalue weighted by Gasteiger charge is 2.15. The van der Waals surface area contributed by atoms with Crippen molar-refractivity contribution in [2.45, 2.75) is 6.92 Å². The van der Waals surface area contributed by atoms with Crippen LogP contribution in [-0.4, -0.2) is 51.1 Å². The summed E-state index contributed by atoms with van der Waals surface area (Å²) in [6.07, 6.45) is 1.42. The van der Waals surface area contributed by atoms with Crippen molar-refractivity contribution in [1.82, 2.24) is 4.98 Å². The van der Waals surface area contributed by atoms with E-state index in [1.54, 1.807) is 14.0 Å². The maximum atomic E-state index is 11.7. The van der Waals surface area contributed by atoms with Crippen molar-refractivity contribution in [3.8, 4) is 5.88 Å². The zero-order valence-electron chi connectivity index (χ0n) is 11.8. The summed E-state index contributed by atoms with van der Waals surface area (Å²) in [5, 5.41) is 0. The lowest BCUT2D eigenvalue weighted by molar-refractivity contribution is 0.0487. The van der Waals surface area contributed by atoms with Crippen LogP contribution in [0.4, 0.5) is 5.69 Å². The number of carbonyl (C=O) groups excluding carboxylic acids is 1. The summed E-state index contributed by atoms with van der Waals surface area (Å²) in [7, 11) is 1.60. The van der Waals surface area contributed by atoms with Gasteiger partial charge in [-0.25, -0.2) is 9.78 Å². The summed E-state index contributed by atoms with van der Waals surface area (Å²) in [4.78, 5) is 15.7. The second-order valence-corrected chi connectivity index (χ2v) is 3.80. The first-order valence-electron chi connectivity index (χ1n) is 6.31. The molecule has 1 rings (SSSR count). The van der Waals surface area contributed by atoms with Gasteiger partial charge in [0.05, 0.1) is 38.3 Å². The van der Waals surface area contributed by atoms with Crippen LogP contribution in [0.15, 0.2) is 12.3 Å². The molecule has 0 fully saturated rings. The molecule has 1 aromatic rings. The van der Waals surface area contributed by atoms with E-state index in [1.807, 2.05) is 0 Å². The SMILES string of the molecule is CCOC(=O)c1cc(N)cnc1OCCOCCOC. The molecule has 0 amide bonds. The fraction of sp³-hybridized carbons (Fsp3) is 0.538. The lowest BCUT2D eigenvalue weighted by Gasteiger charge is -2.10. The van der Waals surface area contributed by atoms with Crippen LogP contribution in [0.25, 0.3) is 0 Å². The summed E-state index contributed by atoms with van der Waals surface area (Å²) in [5.74, 6) is -0.324. The highest BCUT2D eigenvalue weighted by molar-refractivity contribution is 5.92. The third-order valence-corrected chi connectivity index (χ3v) is 2.27. The molecule has 1 aromatic heterocycles. The van der Waals surface area contributed by atoms with Crippen LogP contribution in [0.2, 0.25) is 0 Å². The molecule has 7 heteroatoms. The molecule has 2 N–H and O–H groups in total. The number of nitrogens with two attached hydrogens (primary N) is 1. The molecule has 112 valence electrons. The quantitative estimate of drug-likeness (QED) is 0.531. The number of pyridine rings is 1. The van der Waals surface area contributed by atoms with Crippen molar-refractivity contribution in [2.24, 2.45) is 0 Å². The van der Waals surface area contributed by atoms with Crippen LogP contribution >= 0.6 is 0 Å². The van der Waals surface area contributed by atoms with E-state index in [9.17, 15) is 4.79 Å². The van der Waals surface area contributed by atoms with Crippen molar-refractivity contribution in [3.63, 3.8) is 0 Å². The van der Waals surface area contributed by atoms with Gasteiger partial charge in [-0.05, 0) is 13.0 Å². The number of anilines is 1. The van der Waals surface area contributed by atoms with E-state index in [2.05, 4.69) is 4.98 Å². The van der Waals surface area contributed by atoms with Crippen molar-refractivity contribution in [3.05, 3.63) is 17.8 Å². The first-order valence-corrected chi connectivity index (χ1v) is 6.31. The standard InChI is InChI=1S/C13H20N2O5/c1-3-19-13(16)11-8-10(14)9-15-12(11)20-7-6-18-5-4-17-2/h8-9H,3-7,14H2,1-2H3. The fourth-order valence-corrected chi connectivity index (χ4v) is 1.38. The van der Waals surface area contributed by atoms with Crippen LogP contribution in [0.1, 0.15) is 17.3 Å². The number of rotatable bonds is 9. The maximum absolute atomic E-state index is 11.7. The zero-order valence-corrected chi connectivity index (χ0v) is 11.8. The van der Waals surface area contributed by atoms with E-state index in [4.69, 9.17) is 24.7 Å². The van der Waals surface area contributed by atoms with Gasteiger partial charge in [-0.3, -0.25) is 0 Å². The zero-order chi connectivity index (χ0) is 14.8. The predicted octanol–water partition coefficient (Wildman–Crippen LogP) is 0.882. The molecule has 0 aliphatic heterocycles. The normalized spacial score (nSPS) is 10.3.